The molecule has 6 heteroatoms. The molecule has 0 unspecified atom stereocenters. The Morgan fingerprint density at radius 2 is 2.06 bits per heavy atom. The van der Waals surface area contributed by atoms with Crippen LogP contribution < -0.4 is 11.1 Å². The monoisotopic (exact) mass is 268 g/mol. The fourth-order valence-electron chi connectivity index (χ4n) is 1.31. The number of anilines is 2. The molecule has 0 aliphatic heterocycles. The predicted molar refractivity (Wildman–Crippen MR) is 72.0 cm³/mol. The molecular weight excluding hydrogens is 252 g/mol. The van der Waals surface area contributed by atoms with Gasteiger partial charge in [-0.2, -0.15) is 0 Å². The standard InChI is InChI=1S/C12H16N2O3S/c1-4-18(16,17)10-7-5-6-9(11(10)13)14-12(15)8(2)3/h5-7H,2,4,13H2,1,3H3,(H,14,15). The lowest BCUT2D eigenvalue weighted by Gasteiger charge is -2.11. The van der Waals surface area contributed by atoms with E-state index in [1.165, 1.54) is 19.1 Å². The Labute approximate surface area is 107 Å². The van der Waals surface area contributed by atoms with Gasteiger partial charge in [-0.1, -0.05) is 19.6 Å². The van der Waals surface area contributed by atoms with Crippen LogP contribution in [0.3, 0.4) is 0 Å². The van der Waals surface area contributed by atoms with Gasteiger partial charge < -0.3 is 11.1 Å². The molecule has 0 aliphatic carbocycles. The second kappa shape index (κ2) is 5.22. The molecule has 0 aliphatic rings. The summed E-state index contributed by atoms with van der Waals surface area (Å²) in [6, 6.07) is 4.50. The molecule has 1 aromatic rings. The van der Waals surface area contributed by atoms with Gasteiger partial charge in [-0.3, -0.25) is 4.79 Å². The Morgan fingerprint density at radius 1 is 1.44 bits per heavy atom. The molecule has 0 radical (unpaired) electrons. The van der Waals surface area contributed by atoms with E-state index in [2.05, 4.69) is 11.9 Å². The third-order valence-electron chi connectivity index (χ3n) is 2.42. The van der Waals surface area contributed by atoms with Crippen LogP contribution in [0.4, 0.5) is 11.4 Å². The van der Waals surface area contributed by atoms with E-state index in [1.807, 2.05) is 0 Å². The van der Waals surface area contributed by atoms with E-state index in [-0.39, 0.29) is 22.0 Å². The molecule has 1 aromatic carbocycles. The van der Waals surface area contributed by atoms with Crippen LogP contribution in [0.15, 0.2) is 35.2 Å². The summed E-state index contributed by atoms with van der Waals surface area (Å²) in [5.41, 5.74) is 6.41. The Kier molecular flexibility index (Phi) is 4.13. The zero-order chi connectivity index (χ0) is 13.9. The topological polar surface area (TPSA) is 89.3 Å². The van der Waals surface area contributed by atoms with Crippen LogP contribution in [0.5, 0.6) is 0 Å². The van der Waals surface area contributed by atoms with Crippen LogP contribution in [0.1, 0.15) is 13.8 Å². The number of hydrogen-bond donors (Lipinski definition) is 2. The molecule has 3 N–H and O–H groups in total. The number of amides is 1. The number of nitrogen functional groups attached to an aromatic ring is 1. The van der Waals surface area contributed by atoms with Gasteiger partial charge in [0, 0.05) is 5.57 Å². The summed E-state index contributed by atoms with van der Waals surface area (Å²) in [4.78, 5) is 11.5. The normalized spacial score (nSPS) is 11.0. The van der Waals surface area contributed by atoms with Crippen LogP contribution in [-0.4, -0.2) is 20.1 Å². The highest BCUT2D eigenvalue weighted by Gasteiger charge is 2.18. The molecule has 98 valence electrons. The third kappa shape index (κ3) is 2.89. The first-order valence-corrected chi connectivity index (χ1v) is 7.03. The van der Waals surface area contributed by atoms with Gasteiger partial charge in [0.1, 0.15) is 0 Å². The molecule has 0 aromatic heterocycles. The van der Waals surface area contributed by atoms with Crippen molar-refractivity contribution < 1.29 is 13.2 Å². The summed E-state index contributed by atoms with van der Waals surface area (Å²) >= 11 is 0. The average Bonchev–Trinajstić information content (AvgIpc) is 2.31. The number of benzene rings is 1. The van der Waals surface area contributed by atoms with E-state index in [1.54, 1.807) is 13.0 Å². The number of carbonyl (C=O) groups excluding carboxylic acids is 1. The highest BCUT2D eigenvalue weighted by atomic mass is 32.2. The van der Waals surface area contributed by atoms with Crippen molar-refractivity contribution in [2.24, 2.45) is 0 Å². The summed E-state index contributed by atoms with van der Waals surface area (Å²) in [6.45, 7) is 6.59. The number of hydrogen-bond acceptors (Lipinski definition) is 4. The second-order valence-electron chi connectivity index (χ2n) is 3.86. The van der Waals surface area contributed by atoms with Gasteiger partial charge in [-0.15, -0.1) is 0 Å². The Hall–Kier alpha value is -1.82. The van der Waals surface area contributed by atoms with Crippen molar-refractivity contribution in [2.75, 3.05) is 16.8 Å². The lowest BCUT2D eigenvalue weighted by atomic mass is 10.2. The minimum Gasteiger partial charge on any atom is -0.396 e. The Morgan fingerprint density at radius 3 is 2.56 bits per heavy atom. The fraction of sp³-hybridized carbons (Fsp3) is 0.250. The van der Waals surface area contributed by atoms with Crippen LogP contribution in [0.2, 0.25) is 0 Å². The molecule has 0 heterocycles. The molecule has 0 spiro atoms. The maximum atomic E-state index is 11.8. The van der Waals surface area contributed by atoms with E-state index in [9.17, 15) is 13.2 Å². The van der Waals surface area contributed by atoms with Gasteiger partial charge in [0.25, 0.3) is 5.91 Å². The molecule has 1 amide bonds. The molecule has 5 nitrogen and oxygen atoms in total. The zero-order valence-electron chi connectivity index (χ0n) is 10.4. The number of nitrogens with two attached hydrogens (primary N) is 1. The zero-order valence-corrected chi connectivity index (χ0v) is 11.2. The third-order valence-corrected chi connectivity index (χ3v) is 4.20. The fourth-order valence-corrected chi connectivity index (χ4v) is 2.35. The minimum absolute atomic E-state index is 0.0320. The molecule has 0 saturated heterocycles. The van der Waals surface area contributed by atoms with E-state index >= 15 is 0 Å². The number of carbonyl (C=O) groups is 1. The van der Waals surface area contributed by atoms with E-state index in [0.717, 1.165) is 0 Å². The molecule has 0 saturated carbocycles. The van der Waals surface area contributed by atoms with Crippen molar-refractivity contribution in [2.45, 2.75) is 18.7 Å². The first kappa shape index (κ1) is 14.2. The SMILES string of the molecule is C=C(C)C(=O)Nc1cccc(S(=O)(=O)CC)c1N. The second-order valence-corrected chi connectivity index (χ2v) is 6.10. The smallest absolute Gasteiger partial charge is 0.250 e. The van der Waals surface area contributed by atoms with Crippen LogP contribution in [0, 0.1) is 0 Å². The van der Waals surface area contributed by atoms with Gasteiger partial charge in [-0.25, -0.2) is 8.42 Å². The maximum Gasteiger partial charge on any atom is 0.250 e. The Balaban J connectivity index is 3.23. The van der Waals surface area contributed by atoms with Crippen molar-refractivity contribution in [1.29, 1.82) is 0 Å². The van der Waals surface area contributed by atoms with Crippen LogP contribution in [0.25, 0.3) is 0 Å². The number of sulfone groups is 1. The molecule has 0 bridgehead atoms. The molecule has 0 atom stereocenters. The molecular formula is C12H16N2O3S. The van der Waals surface area contributed by atoms with Crippen LogP contribution >= 0.6 is 0 Å². The molecule has 0 fully saturated rings. The minimum atomic E-state index is -3.41. The van der Waals surface area contributed by atoms with Gasteiger partial charge in [0.05, 0.1) is 22.0 Å². The van der Waals surface area contributed by atoms with E-state index < -0.39 is 15.7 Å². The quantitative estimate of drug-likeness (QED) is 0.641. The summed E-state index contributed by atoms with van der Waals surface area (Å²) in [5, 5.41) is 2.52. The largest absolute Gasteiger partial charge is 0.396 e. The Bertz CT molecular complexity index is 591. The number of rotatable bonds is 4. The van der Waals surface area contributed by atoms with E-state index in [0.29, 0.717) is 5.57 Å². The molecule has 18 heavy (non-hydrogen) atoms. The van der Waals surface area contributed by atoms with Crippen molar-refractivity contribution in [1.82, 2.24) is 0 Å². The van der Waals surface area contributed by atoms with E-state index in [4.69, 9.17) is 5.73 Å². The average molecular weight is 268 g/mol. The number of nitrogens with one attached hydrogen (secondary N) is 1. The van der Waals surface area contributed by atoms with Crippen molar-refractivity contribution >= 4 is 27.1 Å². The van der Waals surface area contributed by atoms with Crippen molar-refractivity contribution in [3.8, 4) is 0 Å². The lowest BCUT2D eigenvalue weighted by Crippen LogP contribution is -2.15. The molecule has 1 rings (SSSR count). The summed E-state index contributed by atoms with van der Waals surface area (Å²) in [7, 11) is -3.41. The lowest BCUT2D eigenvalue weighted by molar-refractivity contribution is -0.112. The van der Waals surface area contributed by atoms with Gasteiger partial charge in [0.15, 0.2) is 9.84 Å². The summed E-state index contributed by atoms with van der Waals surface area (Å²) in [6.07, 6.45) is 0. The van der Waals surface area contributed by atoms with Crippen molar-refractivity contribution in [3.05, 3.63) is 30.4 Å². The van der Waals surface area contributed by atoms with Crippen molar-refractivity contribution in [3.63, 3.8) is 0 Å². The number of para-hydroxylation sites is 1. The maximum absolute atomic E-state index is 11.8. The summed E-state index contributed by atoms with van der Waals surface area (Å²) < 4.78 is 23.6. The van der Waals surface area contributed by atoms with Gasteiger partial charge >= 0.3 is 0 Å². The van der Waals surface area contributed by atoms with Gasteiger partial charge in [-0.05, 0) is 19.1 Å². The highest BCUT2D eigenvalue weighted by Crippen LogP contribution is 2.27. The first-order valence-electron chi connectivity index (χ1n) is 5.37. The van der Waals surface area contributed by atoms with Crippen LogP contribution in [-0.2, 0) is 14.6 Å². The summed E-state index contributed by atoms with van der Waals surface area (Å²) in [5.74, 6) is -0.442. The van der Waals surface area contributed by atoms with Gasteiger partial charge in [0.2, 0.25) is 0 Å². The predicted octanol–water partition coefficient (Wildman–Crippen LogP) is 1.58. The first-order chi connectivity index (χ1) is 8.29. The highest BCUT2D eigenvalue weighted by molar-refractivity contribution is 7.91.